The summed E-state index contributed by atoms with van der Waals surface area (Å²) < 4.78 is 39.5. The molecule has 198 valence electrons. The number of unbranched alkanes of at least 4 members (excludes halogenated alkanes) is 1. The minimum atomic E-state index is -3.54. The van der Waals surface area contributed by atoms with Crippen molar-refractivity contribution in [1.82, 2.24) is 10.2 Å². The number of nitrogens with one attached hydrogen (secondary N) is 1. The monoisotopic (exact) mass is 519 g/mol. The summed E-state index contributed by atoms with van der Waals surface area (Å²) in [6.45, 7) is 6.63. The molecule has 7 nitrogen and oxygen atoms in total. The smallest absolute Gasteiger partial charge is 0.242 e. The van der Waals surface area contributed by atoms with Gasteiger partial charge in [0.2, 0.25) is 21.8 Å². The number of hydrogen-bond donors (Lipinski definition) is 1. The number of nitrogens with zero attached hydrogens (tertiary/aromatic N) is 2. The second kappa shape index (κ2) is 14.0. The lowest BCUT2D eigenvalue weighted by atomic mass is 10.1. The van der Waals surface area contributed by atoms with Gasteiger partial charge >= 0.3 is 0 Å². The number of hydrogen-bond acceptors (Lipinski definition) is 4. The van der Waals surface area contributed by atoms with Gasteiger partial charge in [-0.3, -0.25) is 13.9 Å². The van der Waals surface area contributed by atoms with Crippen LogP contribution in [0.25, 0.3) is 0 Å². The normalized spacial score (nSPS) is 12.1. The Morgan fingerprint density at radius 1 is 1.00 bits per heavy atom. The van der Waals surface area contributed by atoms with E-state index in [0.29, 0.717) is 24.2 Å². The van der Waals surface area contributed by atoms with Crippen molar-refractivity contribution in [3.05, 3.63) is 65.5 Å². The highest BCUT2D eigenvalue weighted by Gasteiger charge is 2.28. The lowest BCUT2D eigenvalue weighted by Gasteiger charge is -2.31. The molecule has 0 aliphatic rings. The van der Waals surface area contributed by atoms with Gasteiger partial charge in [0.25, 0.3) is 0 Å². The summed E-state index contributed by atoms with van der Waals surface area (Å²) in [4.78, 5) is 27.8. The SMILES string of the molecule is CCCCNC(=O)[C@@H](CC)N(Cc1ccc(F)cc1)C(=O)CCCN(c1ccc(C)cc1)S(C)(=O)=O. The first-order valence-electron chi connectivity index (χ1n) is 12.4. The Morgan fingerprint density at radius 3 is 2.19 bits per heavy atom. The van der Waals surface area contributed by atoms with Crippen molar-refractivity contribution >= 4 is 27.5 Å². The van der Waals surface area contributed by atoms with E-state index < -0.39 is 16.1 Å². The van der Waals surface area contributed by atoms with Crippen molar-refractivity contribution in [3.8, 4) is 0 Å². The van der Waals surface area contributed by atoms with E-state index in [1.807, 2.05) is 32.9 Å². The molecule has 0 saturated carbocycles. The molecule has 0 saturated heterocycles. The fourth-order valence-corrected chi connectivity index (χ4v) is 4.89. The topological polar surface area (TPSA) is 86.8 Å². The number of rotatable bonds is 14. The second-order valence-electron chi connectivity index (χ2n) is 8.99. The maximum Gasteiger partial charge on any atom is 0.242 e. The number of halogens is 1. The first-order valence-corrected chi connectivity index (χ1v) is 14.3. The van der Waals surface area contributed by atoms with Gasteiger partial charge in [0, 0.05) is 26.1 Å². The van der Waals surface area contributed by atoms with Crippen molar-refractivity contribution in [2.75, 3.05) is 23.7 Å². The summed E-state index contributed by atoms with van der Waals surface area (Å²) in [6, 6.07) is 12.3. The maximum absolute atomic E-state index is 13.4. The van der Waals surface area contributed by atoms with Gasteiger partial charge in [-0.2, -0.15) is 0 Å². The summed E-state index contributed by atoms with van der Waals surface area (Å²) in [6.07, 6.45) is 3.69. The quantitative estimate of drug-likeness (QED) is 0.375. The maximum atomic E-state index is 13.4. The fraction of sp³-hybridized carbons (Fsp3) is 0.481. The third-order valence-corrected chi connectivity index (χ3v) is 7.15. The van der Waals surface area contributed by atoms with E-state index in [0.717, 1.165) is 24.7 Å². The molecular weight excluding hydrogens is 481 g/mol. The summed E-state index contributed by atoms with van der Waals surface area (Å²) in [7, 11) is -3.54. The number of benzene rings is 2. The number of carbonyl (C=O) groups is 2. The molecule has 0 aliphatic carbocycles. The largest absolute Gasteiger partial charge is 0.354 e. The van der Waals surface area contributed by atoms with Gasteiger partial charge in [0.05, 0.1) is 11.9 Å². The number of carbonyl (C=O) groups excluding carboxylic acids is 2. The van der Waals surface area contributed by atoms with Crippen molar-refractivity contribution in [2.24, 2.45) is 0 Å². The summed E-state index contributed by atoms with van der Waals surface area (Å²) in [5, 5.41) is 2.90. The fourth-order valence-electron chi connectivity index (χ4n) is 3.93. The molecule has 2 rings (SSSR count). The number of aryl methyl sites for hydroxylation is 1. The lowest BCUT2D eigenvalue weighted by molar-refractivity contribution is -0.141. The molecule has 0 unspecified atom stereocenters. The van der Waals surface area contributed by atoms with Crippen LogP contribution >= 0.6 is 0 Å². The van der Waals surface area contributed by atoms with Crippen LogP contribution in [0, 0.1) is 12.7 Å². The highest BCUT2D eigenvalue weighted by molar-refractivity contribution is 7.92. The molecule has 0 radical (unpaired) electrons. The van der Waals surface area contributed by atoms with Crippen molar-refractivity contribution in [3.63, 3.8) is 0 Å². The molecule has 0 aliphatic heterocycles. The number of amides is 2. The molecule has 1 atom stereocenters. The minimum Gasteiger partial charge on any atom is -0.354 e. The van der Waals surface area contributed by atoms with Crippen LogP contribution in [0.2, 0.25) is 0 Å². The van der Waals surface area contributed by atoms with Gasteiger partial charge in [-0.15, -0.1) is 0 Å². The Hall–Kier alpha value is -2.94. The zero-order chi connectivity index (χ0) is 26.7. The van der Waals surface area contributed by atoms with Crippen LogP contribution in [0.4, 0.5) is 10.1 Å². The number of anilines is 1. The Balaban J connectivity index is 2.18. The molecule has 2 amide bonds. The molecule has 0 fully saturated rings. The second-order valence-corrected chi connectivity index (χ2v) is 10.9. The molecule has 0 spiro atoms. The van der Waals surface area contributed by atoms with Crippen LogP contribution in [0.15, 0.2) is 48.5 Å². The van der Waals surface area contributed by atoms with E-state index in [2.05, 4.69) is 5.32 Å². The van der Waals surface area contributed by atoms with Crippen LogP contribution in [0.3, 0.4) is 0 Å². The number of sulfonamides is 1. The van der Waals surface area contributed by atoms with Crippen molar-refractivity contribution < 1.29 is 22.4 Å². The van der Waals surface area contributed by atoms with Crippen LogP contribution in [0.1, 0.15) is 57.1 Å². The summed E-state index contributed by atoms with van der Waals surface area (Å²) >= 11 is 0. The third-order valence-electron chi connectivity index (χ3n) is 5.96. The average molecular weight is 520 g/mol. The van der Waals surface area contributed by atoms with E-state index in [-0.39, 0.29) is 43.6 Å². The van der Waals surface area contributed by atoms with E-state index in [1.165, 1.54) is 21.3 Å². The first-order chi connectivity index (χ1) is 17.1. The molecule has 0 aromatic heterocycles. The van der Waals surface area contributed by atoms with Gasteiger partial charge in [0.1, 0.15) is 11.9 Å². The summed E-state index contributed by atoms with van der Waals surface area (Å²) in [5.41, 5.74) is 2.27. The van der Waals surface area contributed by atoms with Gasteiger partial charge in [0.15, 0.2) is 0 Å². The molecule has 1 N–H and O–H groups in total. The van der Waals surface area contributed by atoms with Crippen LogP contribution in [0.5, 0.6) is 0 Å². The van der Waals surface area contributed by atoms with E-state index >= 15 is 0 Å². The lowest BCUT2D eigenvalue weighted by Crippen LogP contribution is -2.49. The molecule has 0 bridgehead atoms. The zero-order valence-electron chi connectivity index (χ0n) is 21.7. The van der Waals surface area contributed by atoms with Crippen molar-refractivity contribution in [2.45, 2.75) is 65.5 Å². The average Bonchev–Trinajstić information content (AvgIpc) is 2.83. The van der Waals surface area contributed by atoms with Crippen molar-refractivity contribution in [1.29, 1.82) is 0 Å². The minimum absolute atomic E-state index is 0.0673. The molecule has 2 aromatic rings. The predicted octanol–water partition coefficient (Wildman–Crippen LogP) is 4.40. The van der Waals surface area contributed by atoms with Crippen LogP contribution in [-0.4, -0.2) is 50.5 Å². The van der Waals surface area contributed by atoms with E-state index in [9.17, 15) is 22.4 Å². The van der Waals surface area contributed by atoms with Gasteiger partial charge < -0.3 is 10.2 Å². The first kappa shape index (κ1) is 29.3. The predicted molar refractivity (Wildman–Crippen MR) is 142 cm³/mol. The Labute approximate surface area is 214 Å². The summed E-state index contributed by atoms with van der Waals surface area (Å²) in [5.74, 6) is -0.856. The molecular formula is C27H38FN3O4S. The highest BCUT2D eigenvalue weighted by Crippen LogP contribution is 2.20. The molecule has 36 heavy (non-hydrogen) atoms. The Kier molecular flexibility index (Phi) is 11.4. The van der Waals surface area contributed by atoms with Gasteiger partial charge in [-0.1, -0.05) is 50.1 Å². The van der Waals surface area contributed by atoms with E-state index in [4.69, 9.17) is 0 Å². The van der Waals surface area contributed by atoms with Gasteiger partial charge in [-0.05, 0) is 56.0 Å². The standard InChI is InChI=1S/C27H38FN3O4S/c1-5-7-18-29-27(33)25(6-2)30(20-22-12-14-23(28)15-13-22)26(32)9-8-19-31(36(4,34)35)24-16-10-21(3)11-17-24/h10-17,25H,5-9,18-20H2,1-4H3,(H,29,33)/t25-/m1/s1. The molecule has 0 heterocycles. The molecule has 2 aromatic carbocycles. The Bertz CT molecular complexity index is 1090. The molecule has 9 heteroatoms. The van der Waals surface area contributed by atoms with Crippen LogP contribution in [-0.2, 0) is 26.2 Å². The van der Waals surface area contributed by atoms with Crippen LogP contribution < -0.4 is 9.62 Å². The van der Waals surface area contributed by atoms with Gasteiger partial charge in [-0.25, -0.2) is 12.8 Å². The van der Waals surface area contributed by atoms with E-state index in [1.54, 1.807) is 24.3 Å². The Morgan fingerprint density at radius 2 is 1.64 bits per heavy atom. The third kappa shape index (κ3) is 8.93. The zero-order valence-corrected chi connectivity index (χ0v) is 22.5. The highest BCUT2D eigenvalue weighted by atomic mass is 32.2.